The van der Waals surface area contributed by atoms with Gasteiger partial charge in [-0.1, -0.05) is 148 Å². The maximum atomic E-state index is 9.88. The van der Waals surface area contributed by atoms with Crippen molar-refractivity contribution in [3.05, 3.63) is 175 Å². The molecule has 2 aromatic heterocycles. The van der Waals surface area contributed by atoms with E-state index < -0.39 is 8.07 Å². The molecule has 3 nitrogen and oxygen atoms in total. The van der Waals surface area contributed by atoms with E-state index in [1.165, 1.54) is 70.2 Å². The summed E-state index contributed by atoms with van der Waals surface area (Å²) in [5.41, 5.74) is 7.11. The average molecular weight is 729 g/mol. The van der Waals surface area contributed by atoms with Gasteiger partial charge < -0.3 is 8.98 Å². The molecule has 0 fully saturated rings. The van der Waals surface area contributed by atoms with Crippen molar-refractivity contribution >= 4 is 72.6 Å². The van der Waals surface area contributed by atoms with E-state index in [1.54, 1.807) is 0 Å². The first kappa shape index (κ1) is 34.6. The van der Waals surface area contributed by atoms with Crippen molar-refractivity contribution in [1.29, 1.82) is 5.26 Å². The topological polar surface area (TPSA) is 41.9 Å². The number of rotatable bonds is 12. The Morgan fingerprint density at radius 2 is 1.07 bits per heavy atom. The second-order valence-corrected chi connectivity index (χ2v) is 18.7. The minimum Gasteiger partial charge on any atom is -0.456 e. The third-order valence-electron chi connectivity index (χ3n) is 11.5. The lowest BCUT2D eigenvalue weighted by atomic mass is 10.0. The Bertz CT molecular complexity index is 2710. The van der Waals surface area contributed by atoms with Crippen LogP contribution in [0.3, 0.4) is 0 Å². The van der Waals surface area contributed by atoms with Crippen LogP contribution in [0.5, 0.6) is 0 Å². The van der Waals surface area contributed by atoms with Gasteiger partial charge in [0.05, 0.1) is 22.7 Å². The molecule has 9 rings (SSSR count). The summed E-state index contributed by atoms with van der Waals surface area (Å²) in [6.45, 7) is 2.27. The number of hydrogen-bond acceptors (Lipinski definition) is 2. The molecule has 9 aromatic rings. The van der Waals surface area contributed by atoms with Crippen LogP contribution in [-0.2, 0) is 6.42 Å². The first-order chi connectivity index (χ1) is 27.2. The van der Waals surface area contributed by atoms with Crippen molar-refractivity contribution in [3.63, 3.8) is 0 Å². The highest BCUT2D eigenvalue weighted by Gasteiger charge is 2.41. The van der Waals surface area contributed by atoms with Gasteiger partial charge in [-0.25, -0.2) is 0 Å². The normalized spacial score (nSPS) is 11.9. The van der Waals surface area contributed by atoms with E-state index >= 15 is 0 Å². The van der Waals surface area contributed by atoms with Crippen LogP contribution in [0, 0.1) is 11.3 Å². The van der Waals surface area contributed by atoms with Crippen LogP contribution >= 0.6 is 0 Å². The number of benzene rings is 7. The molecule has 0 aliphatic carbocycles. The zero-order chi connectivity index (χ0) is 37.2. The second kappa shape index (κ2) is 14.9. The van der Waals surface area contributed by atoms with Gasteiger partial charge in [0.25, 0.3) is 0 Å². The van der Waals surface area contributed by atoms with Gasteiger partial charge in [-0.2, -0.15) is 5.26 Å². The quantitative estimate of drug-likeness (QED) is 0.0714. The Hall–Kier alpha value is -6.15. The zero-order valence-corrected chi connectivity index (χ0v) is 32.3. The molecule has 0 aliphatic rings. The molecule has 0 saturated carbocycles. The average Bonchev–Trinajstić information content (AvgIpc) is 3.77. The van der Waals surface area contributed by atoms with E-state index in [-0.39, 0.29) is 0 Å². The predicted molar refractivity (Wildman–Crippen MR) is 233 cm³/mol. The Labute approximate surface area is 324 Å². The highest BCUT2D eigenvalue weighted by atomic mass is 28.3. The standard InChI is InChI=1S/C51H44N2OSi/c1-2-3-4-5-6-10-17-37-24-28-48-44(32-37)45-33-38(36-52)25-29-49(45)53(48)39-26-30-50-46(34-39)47-35-43(27-31-51(47)54-50)55(40-18-11-7-12-19-40,41-20-13-8-14-21-41)42-22-15-9-16-23-42/h7-9,11-16,18-35H,2-6,10,17H2,1H3. The van der Waals surface area contributed by atoms with Gasteiger partial charge in [-0.3, -0.25) is 0 Å². The first-order valence-corrected chi connectivity index (χ1v) is 21.8. The molecule has 0 unspecified atom stereocenters. The largest absolute Gasteiger partial charge is 0.456 e. The van der Waals surface area contributed by atoms with Crippen molar-refractivity contribution in [2.75, 3.05) is 0 Å². The Balaban J connectivity index is 1.21. The third-order valence-corrected chi connectivity index (χ3v) is 16.3. The maximum absolute atomic E-state index is 9.88. The van der Waals surface area contributed by atoms with Crippen LogP contribution in [0.1, 0.15) is 56.6 Å². The predicted octanol–water partition coefficient (Wildman–Crippen LogP) is 10.8. The monoisotopic (exact) mass is 728 g/mol. The summed E-state index contributed by atoms with van der Waals surface area (Å²) in [4.78, 5) is 0. The molecule has 0 atom stereocenters. The number of aromatic nitrogens is 1. The summed E-state index contributed by atoms with van der Waals surface area (Å²) < 4.78 is 8.93. The summed E-state index contributed by atoms with van der Waals surface area (Å²) in [7, 11) is -2.72. The molecule has 0 saturated heterocycles. The fourth-order valence-corrected chi connectivity index (χ4v) is 13.7. The Morgan fingerprint density at radius 3 is 1.71 bits per heavy atom. The Morgan fingerprint density at radius 1 is 0.509 bits per heavy atom. The van der Waals surface area contributed by atoms with E-state index in [4.69, 9.17) is 4.42 Å². The number of fused-ring (bicyclic) bond motifs is 6. The second-order valence-electron chi connectivity index (χ2n) is 14.9. The molecule has 2 heterocycles. The first-order valence-electron chi connectivity index (χ1n) is 19.8. The molecule has 7 aromatic carbocycles. The van der Waals surface area contributed by atoms with Crippen molar-refractivity contribution in [2.24, 2.45) is 0 Å². The number of aryl methyl sites for hydroxylation is 1. The summed E-state index contributed by atoms with van der Waals surface area (Å²) in [6.07, 6.45) is 8.77. The molecule has 4 heteroatoms. The van der Waals surface area contributed by atoms with Crippen molar-refractivity contribution in [1.82, 2.24) is 4.57 Å². The van der Waals surface area contributed by atoms with E-state index in [9.17, 15) is 5.26 Å². The summed E-state index contributed by atoms with van der Waals surface area (Å²) in [6, 6.07) is 62.1. The lowest BCUT2D eigenvalue weighted by Crippen LogP contribution is -2.74. The number of furan rings is 1. The smallest absolute Gasteiger partial charge is 0.179 e. The molecule has 0 radical (unpaired) electrons. The van der Waals surface area contributed by atoms with Crippen LogP contribution in [0.15, 0.2) is 168 Å². The number of nitrogens with zero attached hydrogens (tertiary/aromatic N) is 2. The lowest BCUT2D eigenvalue weighted by Gasteiger charge is -2.34. The van der Waals surface area contributed by atoms with Gasteiger partial charge in [0.2, 0.25) is 0 Å². The van der Waals surface area contributed by atoms with Crippen LogP contribution < -0.4 is 20.7 Å². The molecule has 0 aliphatic heterocycles. The van der Waals surface area contributed by atoms with Crippen LogP contribution in [0.2, 0.25) is 0 Å². The SMILES string of the molecule is CCCCCCCCc1ccc2c(c1)c1cc(C#N)ccc1n2-c1ccc2oc3ccc([Si](c4ccccc4)(c4ccccc4)c4ccccc4)cc3c2c1. The van der Waals surface area contributed by atoms with Crippen molar-refractivity contribution in [2.45, 2.75) is 51.9 Å². The van der Waals surface area contributed by atoms with Crippen LogP contribution in [0.25, 0.3) is 49.4 Å². The molecule has 0 bridgehead atoms. The van der Waals surface area contributed by atoms with E-state index in [1.807, 2.05) is 6.07 Å². The van der Waals surface area contributed by atoms with Gasteiger partial charge in [0, 0.05) is 27.2 Å². The van der Waals surface area contributed by atoms with Gasteiger partial charge in [0.15, 0.2) is 8.07 Å². The molecule has 55 heavy (non-hydrogen) atoms. The molecule has 0 amide bonds. The fourth-order valence-electron chi connectivity index (χ4n) is 8.89. The number of unbranched alkanes of at least 4 members (excludes halogenated alkanes) is 5. The number of hydrogen-bond donors (Lipinski definition) is 0. The van der Waals surface area contributed by atoms with E-state index in [2.05, 4.69) is 175 Å². The third kappa shape index (κ3) is 6.15. The van der Waals surface area contributed by atoms with Crippen LogP contribution in [-0.4, -0.2) is 12.6 Å². The van der Waals surface area contributed by atoms with Gasteiger partial charge in [0.1, 0.15) is 11.2 Å². The fraction of sp³-hybridized carbons (Fsp3) is 0.157. The van der Waals surface area contributed by atoms with Gasteiger partial charge >= 0.3 is 0 Å². The van der Waals surface area contributed by atoms with E-state index in [0.717, 1.165) is 50.5 Å². The molecule has 0 spiro atoms. The molecule has 0 N–H and O–H groups in total. The van der Waals surface area contributed by atoms with Crippen LogP contribution in [0.4, 0.5) is 0 Å². The summed E-state index contributed by atoms with van der Waals surface area (Å²) >= 11 is 0. The zero-order valence-electron chi connectivity index (χ0n) is 31.3. The van der Waals surface area contributed by atoms with Crippen molar-refractivity contribution < 1.29 is 4.42 Å². The highest BCUT2D eigenvalue weighted by Crippen LogP contribution is 2.36. The summed E-state index contributed by atoms with van der Waals surface area (Å²) in [5.74, 6) is 0. The minimum absolute atomic E-state index is 0.680. The Kier molecular flexibility index (Phi) is 9.40. The van der Waals surface area contributed by atoms with Crippen molar-refractivity contribution in [3.8, 4) is 11.8 Å². The lowest BCUT2D eigenvalue weighted by molar-refractivity contribution is 0.607. The highest BCUT2D eigenvalue weighted by molar-refractivity contribution is 7.20. The maximum Gasteiger partial charge on any atom is 0.179 e. The molecule has 268 valence electrons. The van der Waals surface area contributed by atoms with E-state index in [0.29, 0.717) is 5.56 Å². The van der Waals surface area contributed by atoms with Gasteiger partial charge in [-0.05, 0) is 93.7 Å². The summed E-state index contributed by atoms with van der Waals surface area (Å²) in [5, 5.41) is 19.7. The number of nitriles is 1. The minimum atomic E-state index is -2.72. The molecular formula is C51H44N2OSi. The van der Waals surface area contributed by atoms with Gasteiger partial charge in [-0.15, -0.1) is 0 Å². The molecular weight excluding hydrogens is 685 g/mol.